The highest BCUT2D eigenvalue weighted by Crippen LogP contribution is 2.20. The van der Waals surface area contributed by atoms with Gasteiger partial charge in [-0.15, -0.1) is 0 Å². The molecule has 0 saturated carbocycles. The summed E-state index contributed by atoms with van der Waals surface area (Å²) in [5.41, 5.74) is 0. The molecule has 2 aliphatic heterocycles. The van der Waals surface area contributed by atoms with Crippen LogP contribution in [0.2, 0.25) is 6.55 Å². The Morgan fingerprint density at radius 2 is 1.25 bits per heavy atom. The highest BCUT2D eigenvalue weighted by atomic mass is 28.4. The van der Waals surface area contributed by atoms with Crippen LogP contribution in [0.1, 0.15) is 51.4 Å². The Morgan fingerprint density at radius 1 is 0.786 bits per heavy atom. The first-order valence-corrected chi connectivity index (χ1v) is 13.0. The number of ether oxygens (including phenoxy) is 4. The van der Waals surface area contributed by atoms with Crippen LogP contribution in [0.3, 0.4) is 0 Å². The molecule has 0 bridgehead atoms. The first-order chi connectivity index (χ1) is 13.6. The molecule has 0 aromatic heterocycles. The maximum atomic E-state index is 6.26. The Kier molecular flexibility index (Phi) is 12.1. The van der Waals surface area contributed by atoms with Crippen LogP contribution in [0.25, 0.3) is 0 Å². The molecule has 2 saturated heterocycles. The summed E-state index contributed by atoms with van der Waals surface area (Å²) in [5, 5.41) is 0. The topological polar surface area (TPSA) is 71.2 Å². The lowest BCUT2D eigenvalue weighted by Gasteiger charge is -2.28. The van der Waals surface area contributed by atoms with Gasteiger partial charge in [-0.05, 0) is 32.1 Å². The SMILES string of the molecule is CO[Si](C)(OC)OC(CCCCCCOCC1CO1)CCCCOCC1CO1. The summed E-state index contributed by atoms with van der Waals surface area (Å²) in [7, 11) is 0.835. The Hall–Kier alpha value is -0.0631. The summed E-state index contributed by atoms with van der Waals surface area (Å²) in [6.07, 6.45) is 9.76. The van der Waals surface area contributed by atoms with Crippen LogP contribution < -0.4 is 0 Å². The Morgan fingerprint density at radius 3 is 1.75 bits per heavy atom. The van der Waals surface area contributed by atoms with Gasteiger partial charge in [-0.1, -0.05) is 19.3 Å². The van der Waals surface area contributed by atoms with Gasteiger partial charge < -0.3 is 32.2 Å². The molecule has 8 heteroatoms. The number of hydrogen-bond donors (Lipinski definition) is 0. The van der Waals surface area contributed by atoms with Crippen LogP contribution in [0, 0.1) is 0 Å². The van der Waals surface area contributed by atoms with Gasteiger partial charge in [0.2, 0.25) is 0 Å². The molecule has 2 heterocycles. The Bertz CT molecular complexity index is 387. The van der Waals surface area contributed by atoms with Crippen molar-refractivity contribution in [3.63, 3.8) is 0 Å². The van der Waals surface area contributed by atoms with Gasteiger partial charge in [-0.2, -0.15) is 0 Å². The van der Waals surface area contributed by atoms with E-state index in [0.717, 1.165) is 78.2 Å². The van der Waals surface area contributed by atoms with Crippen LogP contribution in [0.4, 0.5) is 0 Å². The van der Waals surface area contributed by atoms with E-state index in [1.54, 1.807) is 14.2 Å². The van der Waals surface area contributed by atoms with Gasteiger partial charge in [0.15, 0.2) is 0 Å². The molecule has 0 spiro atoms. The van der Waals surface area contributed by atoms with E-state index < -0.39 is 8.80 Å². The highest BCUT2D eigenvalue weighted by Gasteiger charge is 2.35. The first-order valence-electron chi connectivity index (χ1n) is 10.8. The molecular weight excluding hydrogens is 380 g/mol. The number of hydrogen-bond acceptors (Lipinski definition) is 7. The van der Waals surface area contributed by atoms with Crippen molar-refractivity contribution in [1.82, 2.24) is 0 Å². The molecule has 0 aliphatic carbocycles. The second kappa shape index (κ2) is 14.0. The molecule has 2 rings (SSSR count). The van der Waals surface area contributed by atoms with Crippen LogP contribution in [0.15, 0.2) is 0 Å². The quantitative estimate of drug-likeness (QED) is 0.170. The highest BCUT2D eigenvalue weighted by molar-refractivity contribution is 6.59. The van der Waals surface area contributed by atoms with Crippen LogP contribution in [-0.2, 0) is 32.2 Å². The molecule has 7 nitrogen and oxygen atoms in total. The van der Waals surface area contributed by atoms with Gasteiger partial charge in [0.25, 0.3) is 0 Å². The first kappa shape index (κ1) is 24.2. The van der Waals surface area contributed by atoms with Crippen molar-refractivity contribution in [1.29, 1.82) is 0 Å². The number of rotatable bonds is 20. The van der Waals surface area contributed by atoms with E-state index in [9.17, 15) is 0 Å². The average Bonchev–Trinajstić information content (AvgIpc) is 3.61. The predicted octanol–water partition coefficient (Wildman–Crippen LogP) is 3.18. The van der Waals surface area contributed by atoms with Crippen molar-refractivity contribution in [2.24, 2.45) is 0 Å². The minimum atomic E-state index is -2.51. The maximum Gasteiger partial charge on any atom is 0.497 e. The molecule has 2 fully saturated rings. The molecule has 0 aromatic carbocycles. The minimum absolute atomic E-state index is 0.187. The lowest BCUT2D eigenvalue weighted by Crippen LogP contribution is -2.43. The molecule has 0 amide bonds. The summed E-state index contributed by atoms with van der Waals surface area (Å²) in [4.78, 5) is 0. The fraction of sp³-hybridized carbons (Fsp3) is 1.00. The normalized spacial score (nSPS) is 22.4. The van der Waals surface area contributed by atoms with Crippen LogP contribution in [-0.4, -0.2) is 81.0 Å². The largest absolute Gasteiger partial charge is 0.497 e. The monoisotopic (exact) mass is 420 g/mol. The third kappa shape index (κ3) is 11.8. The van der Waals surface area contributed by atoms with Crippen molar-refractivity contribution < 1.29 is 32.2 Å². The molecule has 2 aliphatic rings. The van der Waals surface area contributed by atoms with Crippen molar-refractivity contribution in [3.8, 4) is 0 Å². The van der Waals surface area contributed by atoms with E-state index in [1.807, 2.05) is 6.55 Å². The lowest BCUT2D eigenvalue weighted by atomic mass is 10.0. The molecule has 3 unspecified atom stereocenters. The van der Waals surface area contributed by atoms with Crippen molar-refractivity contribution >= 4 is 8.80 Å². The zero-order valence-electron chi connectivity index (χ0n) is 18.0. The summed E-state index contributed by atoms with van der Waals surface area (Å²) in [6, 6.07) is 0. The zero-order valence-corrected chi connectivity index (χ0v) is 19.0. The second-order valence-corrected chi connectivity index (χ2v) is 10.5. The van der Waals surface area contributed by atoms with E-state index in [-0.39, 0.29) is 6.10 Å². The van der Waals surface area contributed by atoms with Crippen LogP contribution >= 0.6 is 0 Å². The summed E-state index contributed by atoms with van der Waals surface area (Å²) in [6.45, 7) is 6.80. The summed E-state index contributed by atoms with van der Waals surface area (Å²) < 4.78 is 38.8. The molecule has 0 radical (unpaired) electrons. The van der Waals surface area contributed by atoms with E-state index in [2.05, 4.69) is 0 Å². The van der Waals surface area contributed by atoms with Crippen molar-refractivity contribution in [2.75, 3.05) is 53.9 Å². The average molecular weight is 421 g/mol. The van der Waals surface area contributed by atoms with E-state index in [4.69, 9.17) is 32.2 Å². The van der Waals surface area contributed by atoms with Crippen molar-refractivity contribution in [3.05, 3.63) is 0 Å². The third-order valence-corrected chi connectivity index (χ3v) is 7.41. The Balaban J connectivity index is 1.53. The maximum absolute atomic E-state index is 6.26. The molecule has 0 aromatic rings. The minimum Gasteiger partial charge on any atom is -0.379 e. The summed E-state index contributed by atoms with van der Waals surface area (Å²) in [5.74, 6) is 0. The number of epoxide rings is 2. The van der Waals surface area contributed by atoms with Crippen LogP contribution in [0.5, 0.6) is 0 Å². The molecule has 3 atom stereocenters. The van der Waals surface area contributed by atoms with Gasteiger partial charge in [-0.3, -0.25) is 0 Å². The second-order valence-electron chi connectivity index (χ2n) is 7.77. The van der Waals surface area contributed by atoms with Gasteiger partial charge in [0.1, 0.15) is 12.2 Å². The van der Waals surface area contributed by atoms with Gasteiger partial charge in [0, 0.05) is 40.1 Å². The van der Waals surface area contributed by atoms with Gasteiger partial charge >= 0.3 is 8.80 Å². The molecule has 166 valence electrons. The summed E-state index contributed by atoms with van der Waals surface area (Å²) >= 11 is 0. The number of unbranched alkanes of at least 4 members (excludes halogenated alkanes) is 4. The smallest absolute Gasteiger partial charge is 0.379 e. The van der Waals surface area contributed by atoms with Gasteiger partial charge in [0.05, 0.1) is 26.4 Å². The van der Waals surface area contributed by atoms with E-state index in [1.165, 1.54) is 12.8 Å². The lowest BCUT2D eigenvalue weighted by molar-refractivity contribution is 0.0481. The standard InChI is InChI=1S/C20H40O7Si/c1-21-28(3,22-2)27-18(11-7-9-13-24-15-20-17-26-20)10-6-4-5-8-12-23-14-19-16-25-19/h18-20H,4-17H2,1-3H3. The van der Waals surface area contributed by atoms with Crippen molar-refractivity contribution in [2.45, 2.75) is 76.2 Å². The molecular formula is C20H40O7Si. The van der Waals surface area contributed by atoms with Gasteiger partial charge in [-0.25, -0.2) is 0 Å². The fourth-order valence-corrected chi connectivity index (χ4v) is 4.21. The van der Waals surface area contributed by atoms with E-state index >= 15 is 0 Å². The molecule has 28 heavy (non-hydrogen) atoms. The Labute approximate surface area is 171 Å². The van der Waals surface area contributed by atoms with E-state index in [0.29, 0.717) is 12.2 Å². The molecule has 0 N–H and O–H groups in total. The predicted molar refractivity (Wildman–Crippen MR) is 109 cm³/mol. The zero-order chi connectivity index (χ0) is 20.1. The third-order valence-electron chi connectivity index (χ3n) is 5.16. The fourth-order valence-electron chi connectivity index (χ4n) is 3.01.